The second kappa shape index (κ2) is 7.74. The van der Waals surface area contributed by atoms with Gasteiger partial charge in [0.25, 0.3) is 0 Å². The summed E-state index contributed by atoms with van der Waals surface area (Å²) in [5.74, 6) is 1.86. The summed E-state index contributed by atoms with van der Waals surface area (Å²) in [6.45, 7) is 7.91. The van der Waals surface area contributed by atoms with Gasteiger partial charge in [-0.05, 0) is 30.6 Å². The van der Waals surface area contributed by atoms with Gasteiger partial charge in [0, 0.05) is 13.1 Å². The zero-order valence-corrected chi connectivity index (χ0v) is 11.9. The Kier molecular flexibility index (Phi) is 6.65. The number of amides is 1. The highest BCUT2D eigenvalue weighted by atomic mass is 16.5. The lowest BCUT2D eigenvalue weighted by Crippen LogP contribution is -2.38. The molecule has 0 spiro atoms. The maximum Gasteiger partial charge on any atom is 0.246 e. The van der Waals surface area contributed by atoms with Crippen LogP contribution in [0.25, 0.3) is 0 Å². The number of hydrogen-bond donors (Lipinski definition) is 2. The van der Waals surface area contributed by atoms with E-state index in [1.165, 1.54) is 12.8 Å². The second-order valence-electron chi connectivity index (χ2n) is 5.81. The lowest BCUT2D eigenvalue weighted by Gasteiger charge is -2.37. The first-order valence-electron chi connectivity index (χ1n) is 7.13. The first kappa shape index (κ1) is 15.4. The minimum atomic E-state index is -0.0545. The Balaban J connectivity index is 2.38. The summed E-state index contributed by atoms with van der Waals surface area (Å²) in [5.41, 5.74) is 5.34. The molecule has 1 amide bonds. The van der Waals surface area contributed by atoms with Crippen molar-refractivity contribution in [1.29, 1.82) is 0 Å². The zero-order chi connectivity index (χ0) is 13.5. The van der Waals surface area contributed by atoms with Crippen molar-refractivity contribution < 1.29 is 9.53 Å². The van der Waals surface area contributed by atoms with Gasteiger partial charge < -0.3 is 15.8 Å². The highest BCUT2D eigenvalue weighted by Crippen LogP contribution is 2.35. The van der Waals surface area contributed by atoms with E-state index in [0.717, 1.165) is 6.42 Å². The molecule has 4 heteroatoms. The average Bonchev–Trinajstić information content (AvgIpc) is 2.33. The molecule has 1 aliphatic carbocycles. The third kappa shape index (κ3) is 4.94. The Bertz CT molecular complexity index is 256. The molecular formula is C14H28N2O2. The SMILES string of the molecule is CC1CCC(C(C)C)C(OCC(=O)NCCN)C1. The Morgan fingerprint density at radius 2 is 2.17 bits per heavy atom. The smallest absolute Gasteiger partial charge is 0.246 e. The largest absolute Gasteiger partial charge is 0.368 e. The predicted molar refractivity (Wildman–Crippen MR) is 73.1 cm³/mol. The van der Waals surface area contributed by atoms with E-state index < -0.39 is 0 Å². The second-order valence-corrected chi connectivity index (χ2v) is 5.81. The summed E-state index contributed by atoms with van der Waals surface area (Å²) >= 11 is 0. The van der Waals surface area contributed by atoms with E-state index in [1.807, 2.05) is 0 Å². The Hall–Kier alpha value is -0.610. The van der Waals surface area contributed by atoms with Crippen LogP contribution in [0.1, 0.15) is 40.0 Å². The molecule has 0 aromatic rings. The fraction of sp³-hybridized carbons (Fsp3) is 0.929. The van der Waals surface area contributed by atoms with Gasteiger partial charge in [-0.15, -0.1) is 0 Å². The number of hydrogen-bond acceptors (Lipinski definition) is 3. The number of carbonyl (C=O) groups excluding carboxylic acids is 1. The molecule has 106 valence electrons. The van der Waals surface area contributed by atoms with Crippen molar-refractivity contribution in [1.82, 2.24) is 5.32 Å². The molecule has 0 aliphatic heterocycles. The van der Waals surface area contributed by atoms with E-state index in [4.69, 9.17) is 10.5 Å². The van der Waals surface area contributed by atoms with Crippen LogP contribution in [0.2, 0.25) is 0 Å². The molecule has 0 aromatic carbocycles. The van der Waals surface area contributed by atoms with Gasteiger partial charge in [0.05, 0.1) is 6.10 Å². The van der Waals surface area contributed by atoms with Gasteiger partial charge in [-0.3, -0.25) is 4.79 Å². The molecule has 4 nitrogen and oxygen atoms in total. The lowest BCUT2D eigenvalue weighted by molar-refractivity contribution is -0.131. The van der Waals surface area contributed by atoms with E-state index >= 15 is 0 Å². The lowest BCUT2D eigenvalue weighted by atomic mass is 9.75. The van der Waals surface area contributed by atoms with Gasteiger partial charge in [0.2, 0.25) is 5.91 Å². The van der Waals surface area contributed by atoms with Crippen molar-refractivity contribution >= 4 is 5.91 Å². The summed E-state index contributed by atoms with van der Waals surface area (Å²) < 4.78 is 5.83. The molecular weight excluding hydrogens is 228 g/mol. The summed E-state index contributed by atoms with van der Waals surface area (Å²) in [4.78, 5) is 11.5. The van der Waals surface area contributed by atoms with Gasteiger partial charge >= 0.3 is 0 Å². The summed E-state index contributed by atoms with van der Waals surface area (Å²) in [7, 11) is 0. The molecule has 18 heavy (non-hydrogen) atoms. The van der Waals surface area contributed by atoms with Crippen molar-refractivity contribution in [3.05, 3.63) is 0 Å². The molecule has 3 atom stereocenters. The summed E-state index contributed by atoms with van der Waals surface area (Å²) in [6.07, 6.45) is 3.81. The van der Waals surface area contributed by atoms with Crippen LogP contribution in [0, 0.1) is 17.8 Å². The van der Waals surface area contributed by atoms with Crippen LogP contribution in [0.4, 0.5) is 0 Å². The molecule has 1 saturated carbocycles. The molecule has 1 aliphatic rings. The highest BCUT2D eigenvalue weighted by molar-refractivity contribution is 5.77. The fourth-order valence-corrected chi connectivity index (χ4v) is 2.75. The van der Waals surface area contributed by atoms with Gasteiger partial charge in [-0.25, -0.2) is 0 Å². The third-order valence-electron chi connectivity index (χ3n) is 3.86. The highest BCUT2D eigenvalue weighted by Gasteiger charge is 2.31. The maximum absolute atomic E-state index is 11.5. The first-order chi connectivity index (χ1) is 8.54. The van der Waals surface area contributed by atoms with Crippen LogP contribution >= 0.6 is 0 Å². The molecule has 1 rings (SSSR count). The maximum atomic E-state index is 11.5. The van der Waals surface area contributed by atoms with Crippen LogP contribution in [0.5, 0.6) is 0 Å². The van der Waals surface area contributed by atoms with E-state index in [0.29, 0.717) is 30.8 Å². The summed E-state index contributed by atoms with van der Waals surface area (Å²) in [5, 5.41) is 2.74. The Morgan fingerprint density at radius 3 is 2.78 bits per heavy atom. The fourth-order valence-electron chi connectivity index (χ4n) is 2.75. The Labute approximate surface area is 111 Å². The van der Waals surface area contributed by atoms with Gasteiger partial charge in [-0.1, -0.05) is 27.2 Å². The monoisotopic (exact) mass is 256 g/mol. The zero-order valence-electron chi connectivity index (χ0n) is 11.9. The van der Waals surface area contributed by atoms with E-state index in [1.54, 1.807) is 0 Å². The van der Waals surface area contributed by atoms with Crippen molar-refractivity contribution in [2.45, 2.75) is 46.1 Å². The van der Waals surface area contributed by atoms with Gasteiger partial charge in [0.15, 0.2) is 0 Å². The standard InChI is InChI=1S/C14H28N2O2/c1-10(2)12-5-4-11(3)8-13(12)18-9-14(17)16-7-6-15/h10-13H,4-9,15H2,1-3H3,(H,16,17). The van der Waals surface area contributed by atoms with Crippen LogP contribution in [0.3, 0.4) is 0 Å². The minimum absolute atomic E-state index is 0.0545. The molecule has 0 bridgehead atoms. The number of rotatable bonds is 6. The van der Waals surface area contributed by atoms with E-state index in [9.17, 15) is 4.79 Å². The average molecular weight is 256 g/mol. The van der Waals surface area contributed by atoms with Crippen LogP contribution in [-0.2, 0) is 9.53 Å². The van der Waals surface area contributed by atoms with Crippen LogP contribution in [0.15, 0.2) is 0 Å². The molecule has 3 unspecified atom stereocenters. The first-order valence-corrected chi connectivity index (χ1v) is 7.13. The number of ether oxygens (including phenoxy) is 1. The third-order valence-corrected chi connectivity index (χ3v) is 3.86. The van der Waals surface area contributed by atoms with Crippen molar-refractivity contribution in [2.75, 3.05) is 19.7 Å². The molecule has 0 saturated heterocycles. The van der Waals surface area contributed by atoms with Crippen LogP contribution < -0.4 is 11.1 Å². The van der Waals surface area contributed by atoms with Crippen molar-refractivity contribution in [3.8, 4) is 0 Å². The molecule has 0 aromatic heterocycles. The van der Waals surface area contributed by atoms with E-state index in [-0.39, 0.29) is 18.6 Å². The number of nitrogens with one attached hydrogen (secondary N) is 1. The molecule has 3 N–H and O–H groups in total. The predicted octanol–water partition coefficient (Wildman–Crippen LogP) is 1.54. The molecule has 0 radical (unpaired) electrons. The quantitative estimate of drug-likeness (QED) is 0.757. The minimum Gasteiger partial charge on any atom is -0.368 e. The number of nitrogens with two attached hydrogens (primary N) is 1. The topological polar surface area (TPSA) is 64.3 Å². The van der Waals surface area contributed by atoms with Crippen molar-refractivity contribution in [2.24, 2.45) is 23.5 Å². The van der Waals surface area contributed by atoms with E-state index in [2.05, 4.69) is 26.1 Å². The number of carbonyl (C=O) groups is 1. The summed E-state index contributed by atoms with van der Waals surface area (Å²) in [6, 6.07) is 0. The Morgan fingerprint density at radius 1 is 1.44 bits per heavy atom. The molecule has 0 heterocycles. The van der Waals surface area contributed by atoms with Crippen molar-refractivity contribution in [3.63, 3.8) is 0 Å². The van der Waals surface area contributed by atoms with Gasteiger partial charge in [-0.2, -0.15) is 0 Å². The molecule has 1 fully saturated rings. The van der Waals surface area contributed by atoms with Gasteiger partial charge in [0.1, 0.15) is 6.61 Å². The normalized spacial score (nSPS) is 28.4. The van der Waals surface area contributed by atoms with Crippen LogP contribution in [-0.4, -0.2) is 31.7 Å².